The van der Waals surface area contributed by atoms with Gasteiger partial charge in [-0.25, -0.2) is 4.98 Å². The molecule has 1 aromatic heterocycles. The SMILES string of the molecule is N#CCOc1ccc(NC(=O)c2c3c(nc4ccccc24)/C(=C/c2ccc4c(c2)OCO4)CC3)cc1. The second kappa shape index (κ2) is 9.08. The fraction of sp³-hybridized carbons (Fsp3) is 0.138. The molecule has 0 saturated carbocycles. The van der Waals surface area contributed by atoms with E-state index in [1.54, 1.807) is 24.3 Å². The highest BCUT2D eigenvalue weighted by atomic mass is 16.7. The van der Waals surface area contributed by atoms with Crippen LogP contribution in [-0.2, 0) is 6.42 Å². The van der Waals surface area contributed by atoms with Gasteiger partial charge in [0.1, 0.15) is 11.8 Å². The predicted octanol–water partition coefficient (Wildman–Crippen LogP) is 5.60. The summed E-state index contributed by atoms with van der Waals surface area (Å²) in [6.07, 6.45) is 3.63. The molecule has 2 aliphatic rings. The van der Waals surface area contributed by atoms with Crippen molar-refractivity contribution in [2.24, 2.45) is 0 Å². The van der Waals surface area contributed by atoms with Crippen LogP contribution < -0.4 is 19.5 Å². The molecule has 4 aromatic rings. The van der Waals surface area contributed by atoms with Crippen LogP contribution in [0.2, 0.25) is 0 Å². The van der Waals surface area contributed by atoms with Crippen LogP contribution in [0.3, 0.4) is 0 Å². The number of aromatic nitrogens is 1. The van der Waals surface area contributed by atoms with Gasteiger partial charge in [0.25, 0.3) is 5.91 Å². The molecule has 0 bridgehead atoms. The van der Waals surface area contributed by atoms with Gasteiger partial charge in [0, 0.05) is 11.1 Å². The van der Waals surface area contributed by atoms with Gasteiger partial charge in [-0.3, -0.25) is 4.79 Å². The number of allylic oxidation sites excluding steroid dienone is 1. The molecule has 1 amide bonds. The molecule has 0 fully saturated rings. The van der Waals surface area contributed by atoms with Gasteiger partial charge < -0.3 is 19.5 Å². The number of amides is 1. The summed E-state index contributed by atoms with van der Waals surface area (Å²) in [5.41, 5.74) is 5.97. The van der Waals surface area contributed by atoms with Crippen molar-refractivity contribution >= 4 is 34.1 Å². The Balaban J connectivity index is 1.36. The summed E-state index contributed by atoms with van der Waals surface area (Å²) in [5, 5.41) is 12.5. The van der Waals surface area contributed by atoms with Crippen molar-refractivity contribution < 1.29 is 19.0 Å². The summed E-state index contributed by atoms with van der Waals surface area (Å²) in [5.74, 6) is 1.87. The number of carbonyl (C=O) groups excluding carboxylic acids is 1. The minimum absolute atomic E-state index is 0.0248. The van der Waals surface area contributed by atoms with Gasteiger partial charge in [0.15, 0.2) is 18.1 Å². The lowest BCUT2D eigenvalue weighted by Crippen LogP contribution is -2.15. The van der Waals surface area contributed by atoms with Crippen molar-refractivity contribution in [3.63, 3.8) is 0 Å². The number of nitriles is 1. The topological polar surface area (TPSA) is 93.5 Å². The third-order valence-corrected chi connectivity index (χ3v) is 6.32. The maximum atomic E-state index is 13.6. The maximum absolute atomic E-state index is 13.6. The highest BCUT2D eigenvalue weighted by Gasteiger charge is 2.27. The first-order valence-electron chi connectivity index (χ1n) is 11.6. The van der Waals surface area contributed by atoms with Crippen LogP contribution in [0.5, 0.6) is 17.2 Å². The normalized spacial score (nSPS) is 14.5. The van der Waals surface area contributed by atoms with Crippen molar-refractivity contribution in [2.75, 3.05) is 18.7 Å². The zero-order valence-corrected chi connectivity index (χ0v) is 19.3. The van der Waals surface area contributed by atoms with Crippen molar-refractivity contribution in [3.05, 3.63) is 89.1 Å². The van der Waals surface area contributed by atoms with E-state index in [1.807, 2.05) is 48.5 Å². The average Bonchev–Trinajstić information content (AvgIpc) is 3.53. The molecular formula is C29H21N3O4. The van der Waals surface area contributed by atoms with E-state index in [1.165, 1.54) is 0 Å². The molecule has 1 aliphatic carbocycles. The van der Waals surface area contributed by atoms with Gasteiger partial charge in [0.05, 0.1) is 16.8 Å². The van der Waals surface area contributed by atoms with E-state index in [0.717, 1.165) is 57.6 Å². The quantitative estimate of drug-likeness (QED) is 0.404. The van der Waals surface area contributed by atoms with E-state index in [0.29, 0.717) is 17.0 Å². The van der Waals surface area contributed by atoms with Crippen LogP contribution in [0.1, 0.15) is 33.6 Å². The number of pyridine rings is 1. The molecule has 0 atom stereocenters. The number of nitrogens with one attached hydrogen (secondary N) is 1. The lowest BCUT2D eigenvalue weighted by atomic mass is 9.99. The minimum atomic E-state index is -0.181. The summed E-state index contributed by atoms with van der Waals surface area (Å²) < 4.78 is 16.2. The van der Waals surface area contributed by atoms with Gasteiger partial charge >= 0.3 is 0 Å². The molecule has 176 valence electrons. The number of para-hydroxylation sites is 1. The number of carbonyl (C=O) groups is 1. The number of fused-ring (bicyclic) bond motifs is 3. The number of nitrogens with zero attached hydrogens (tertiary/aromatic N) is 2. The highest BCUT2D eigenvalue weighted by Crippen LogP contribution is 2.39. The van der Waals surface area contributed by atoms with Gasteiger partial charge in [-0.05, 0) is 78.1 Å². The molecule has 7 heteroatoms. The summed E-state index contributed by atoms with van der Waals surface area (Å²) in [6.45, 7) is 0.211. The Kier molecular flexibility index (Phi) is 5.47. The van der Waals surface area contributed by atoms with E-state index in [9.17, 15) is 4.79 Å². The van der Waals surface area contributed by atoms with E-state index < -0.39 is 0 Å². The van der Waals surface area contributed by atoms with Crippen LogP contribution in [0.4, 0.5) is 5.69 Å². The molecule has 0 radical (unpaired) electrons. The number of hydrogen-bond donors (Lipinski definition) is 1. The minimum Gasteiger partial charge on any atom is -0.479 e. The smallest absolute Gasteiger partial charge is 0.256 e. The molecule has 2 heterocycles. The first-order valence-corrected chi connectivity index (χ1v) is 11.6. The van der Waals surface area contributed by atoms with Crippen molar-refractivity contribution in [2.45, 2.75) is 12.8 Å². The molecule has 36 heavy (non-hydrogen) atoms. The third-order valence-electron chi connectivity index (χ3n) is 6.32. The Morgan fingerprint density at radius 3 is 2.75 bits per heavy atom. The van der Waals surface area contributed by atoms with Gasteiger partial charge in [-0.2, -0.15) is 5.26 Å². The Hall–Kier alpha value is -4.83. The van der Waals surface area contributed by atoms with E-state index in [4.69, 9.17) is 24.5 Å². The van der Waals surface area contributed by atoms with E-state index in [-0.39, 0.29) is 19.3 Å². The molecule has 0 saturated heterocycles. The predicted molar refractivity (Wildman–Crippen MR) is 136 cm³/mol. The van der Waals surface area contributed by atoms with Gasteiger partial charge in [-0.1, -0.05) is 24.3 Å². The first-order chi connectivity index (χ1) is 17.7. The molecule has 1 N–H and O–H groups in total. The zero-order valence-electron chi connectivity index (χ0n) is 19.3. The molecule has 6 rings (SSSR count). The molecular weight excluding hydrogens is 454 g/mol. The zero-order chi connectivity index (χ0) is 24.5. The van der Waals surface area contributed by atoms with Crippen LogP contribution in [0, 0.1) is 11.3 Å². The van der Waals surface area contributed by atoms with E-state index in [2.05, 4.69) is 11.4 Å². The lowest BCUT2D eigenvalue weighted by molar-refractivity contribution is 0.102. The van der Waals surface area contributed by atoms with E-state index >= 15 is 0 Å². The molecule has 3 aromatic carbocycles. The average molecular weight is 476 g/mol. The summed E-state index contributed by atoms with van der Waals surface area (Å²) >= 11 is 0. The highest BCUT2D eigenvalue weighted by molar-refractivity contribution is 6.14. The fourth-order valence-corrected chi connectivity index (χ4v) is 4.69. The third kappa shape index (κ3) is 3.99. The summed E-state index contributed by atoms with van der Waals surface area (Å²) in [7, 11) is 0. The Labute approximate surface area is 207 Å². The number of ether oxygens (including phenoxy) is 3. The fourth-order valence-electron chi connectivity index (χ4n) is 4.69. The lowest BCUT2D eigenvalue weighted by Gasteiger charge is -2.13. The molecule has 1 aliphatic heterocycles. The maximum Gasteiger partial charge on any atom is 0.256 e. The van der Waals surface area contributed by atoms with Crippen LogP contribution in [0.25, 0.3) is 22.6 Å². The monoisotopic (exact) mass is 475 g/mol. The van der Waals surface area contributed by atoms with Crippen molar-refractivity contribution in [1.29, 1.82) is 5.26 Å². The number of rotatable bonds is 5. The van der Waals surface area contributed by atoms with Crippen molar-refractivity contribution in [1.82, 2.24) is 4.98 Å². The molecule has 0 unspecified atom stereocenters. The van der Waals surface area contributed by atoms with Crippen molar-refractivity contribution in [3.8, 4) is 23.3 Å². The van der Waals surface area contributed by atoms with Crippen LogP contribution in [0.15, 0.2) is 66.7 Å². The number of anilines is 1. The van der Waals surface area contributed by atoms with Crippen LogP contribution in [-0.4, -0.2) is 24.3 Å². The number of hydrogen-bond acceptors (Lipinski definition) is 6. The summed E-state index contributed by atoms with van der Waals surface area (Å²) in [6, 6.07) is 22.5. The Bertz CT molecular complexity index is 1570. The summed E-state index contributed by atoms with van der Waals surface area (Å²) in [4.78, 5) is 18.5. The molecule has 0 spiro atoms. The standard InChI is InChI=1S/C29H21N3O4/c30-13-14-34-21-9-7-20(8-10-21)31-29(33)27-22-3-1-2-4-24(22)32-28-19(6-11-23(27)28)15-18-5-12-25-26(16-18)36-17-35-25/h1-5,7-10,12,15-16H,6,11,14,17H2,(H,31,33)/b19-15+. The Morgan fingerprint density at radius 2 is 1.89 bits per heavy atom. The second-order valence-electron chi connectivity index (χ2n) is 8.54. The first kappa shape index (κ1) is 21.7. The second-order valence-corrected chi connectivity index (χ2v) is 8.54. The van der Waals surface area contributed by atoms with Gasteiger partial charge in [0.2, 0.25) is 6.79 Å². The van der Waals surface area contributed by atoms with Gasteiger partial charge in [-0.15, -0.1) is 0 Å². The largest absolute Gasteiger partial charge is 0.479 e. The Morgan fingerprint density at radius 1 is 1.06 bits per heavy atom. The molecule has 7 nitrogen and oxygen atoms in total. The number of benzene rings is 3. The van der Waals surface area contributed by atoms with Crippen LogP contribution >= 0.6 is 0 Å².